The SMILES string of the molecule is CN=C(NCCNC(=O)OC(C)(C)C)NCC1(c2ccc(OC)cc2)CCOCC1. The first-order valence-electron chi connectivity index (χ1n) is 10.4. The molecule has 0 spiro atoms. The van der Waals surface area contributed by atoms with Gasteiger partial charge in [0.2, 0.25) is 0 Å². The molecule has 3 N–H and O–H groups in total. The Kier molecular flexibility index (Phi) is 8.77. The van der Waals surface area contributed by atoms with E-state index in [2.05, 4.69) is 33.1 Å². The lowest BCUT2D eigenvalue weighted by Crippen LogP contribution is -2.49. The summed E-state index contributed by atoms with van der Waals surface area (Å²) in [6.45, 7) is 8.70. The van der Waals surface area contributed by atoms with E-state index in [1.165, 1.54) is 5.56 Å². The van der Waals surface area contributed by atoms with Gasteiger partial charge in [-0.05, 0) is 51.3 Å². The Bertz CT molecular complexity index is 692. The number of hydrogen-bond acceptors (Lipinski definition) is 5. The van der Waals surface area contributed by atoms with Crippen molar-refractivity contribution in [3.8, 4) is 5.75 Å². The second-order valence-electron chi connectivity index (χ2n) is 8.40. The van der Waals surface area contributed by atoms with Gasteiger partial charge in [0.15, 0.2) is 5.96 Å². The Balaban J connectivity index is 1.88. The highest BCUT2D eigenvalue weighted by atomic mass is 16.6. The summed E-state index contributed by atoms with van der Waals surface area (Å²) < 4.78 is 16.1. The predicted molar refractivity (Wildman–Crippen MR) is 118 cm³/mol. The molecule has 8 heteroatoms. The fraction of sp³-hybridized carbons (Fsp3) is 0.636. The van der Waals surface area contributed by atoms with Crippen LogP contribution in [0.15, 0.2) is 29.3 Å². The zero-order chi connectivity index (χ0) is 22.0. The molecule has 1 aromatic rings. The molecule has 0 saturated carbocycles. The average Bonchev–Trinajstić information content (AvgIpc) is 2.72. The van der Waals surface area contributed by atoms with E-state index in [4.69, 9.17) is 14.2 Å². The first kappa shape index (κ1) is 23.8. The summed E-state index contributed by atoms with van der Waals surface area (Å²) in [5, 5.41) is 9.41. The molecule has 1 fully saturated rings. The maximum absolute atomic E-state index is 11.7. The summed E-state index contributed by atoms with van der Waals surface area (Å²) in [4.78, 5) is 16.0. The second kappa shape index (κ2) is 11.1. The van der Waals surface area contributed by atoms with Crippen molar-refractivity contribution in [2.45, 2.75) is 44.6 Å². The Labute approximate surface area is 179 Å². The van der Waals surface area contributed by atoms with Gasteiger partial charge in [-0.15, -0.1) is 0 Å². The Morgan fingerprint density at radius 2 is 1.73 bits per heavy atom. The fourth-order valence-electron chi connectivity index (χ4n) is 3.41. The summed E-state index contributed by atoms with van der Waals surface area (Å²) in [6.07, 6.45) is 1.44. The molecule has 8 nitrogen and oxygen atoms in total. The molecule has 1 aromatic carbocycles. The summed E-state index contributed by atoms with van der Waals surface area (Å²) in [7, 11) is 3.41. The quantitative estimate of drug-likeness (QED) is 0.356. The molecule has 0 radical (unpaired) electrons. The maximum Gasteiger partial charge on any atom is 0.407 e. The van der Waals surface area contributed by atoms with Gasteiger partial charge in [0.25, 0.3) is 0 Å². The van der Waals surface area contributed by atoms with Crippen LogP contribution in [0.25, 0.3) is 0 Å². The molecule has 0 atom stereocenters. The lowest BCUT2D eigenvalue weighted by Gasteiger charge is -2.38. The number of methoxy groups -OCH3 is 1. The minimum atomic E-state index is -0.505. The first-order valence-corrected chi connectivity index (χ1v) is 10.4. The van der Waals surface area contributed by atoms with Crippen LogP contribution in [-0.2, 0) is 14.9 Å². The minimum Gasteiger partial charge on any atom is -0.497 e. The molecule has 1 aliphatic heterocycles. The molecule has 168 valence electrons. The van der Waals surface area contributed by atoms with Gasteiger partial charge in [-0.1, -0.05) is 12.1 Å². The molecule has 1 heterocycles. The highest BCUT2D eigenvalue weighted by Gasteiger charge is 2.34. The average molecular weight is 421 g/mol. The summed E-state index contributed by atoms with van der Waals surface area (Å²) in [5.74, 6) is 1.55. The lowest BCUT2D eigenvalue weighted by molar-refractivity contribution is 0.0513. The van der Waals surface area contributed by atoms with Crippen LogP contribution >= 0.6 is 0 Å². The van der Waals surface area contributed by atoms with E-state index in [-0.39, 0.29) is 5.41 Å². The number of amides is 1. The number of nitrogens with zero attached hydrogens (tertiary/aromatic N) is 1. The molecule has 0 bridgehead atoms. The first-order chi connectivity index (χ1) is 14.3. The van der Waals surface area contributed by atoms with Gasteiger partial charge in [0.1, 0.15) is 11.4 Å². The molecule has 1 saturated heterocycles. The van der Waals surface area contributed by atoms with Crippen LogP contribution in [-0.4, -0.2) is 64.7 Å². The van der Waals surface area contributed by atoms with Crippen LogP contribution in [0.4, 0.5) is 4.79 Å². The van der Waals surface area contributed by atoms with Crippen molar-refractivity contribution in [1.82, 2.24) is 16.0 Å². The third-order valence-electron chi connectivity index (χ3n) is 5.06. The molecular formula is C22H36N4O4. The van der Waals surface area contributed by atoms with Crippen LogP contribution in [0.1, 0.15) is 39.2 Å². The van der Waals surface area contributed by atoms with Gasteiger partial charge >= 0.3 is 6.09 Å². The normalized spacial score (nSPS) is 16.5. The second-order valence-corrected chi connectivity index (χ2v) is 8.40. The van der Waals surface area contributed by atoms with E-state index >= 15 is 0 Å². The molecule has 0 unspecified atom stereocenters. The highest BCUT2D eigenvalue weighted by molar-refractivity contribution is 5.79. The molecular weight excluding hydrogens is 384 g/mol. The van der Waals surface area contributed by atoms with Crippen molar-refractivity contribution >= 4 is 12.1 Å². The minimum absolute atomic E-state index is 0.0308. The number of carbonyl (C=O) groups is 1. The van der Waals surface area contributed by atoms with E-state index in [1.807, 2.05) is 32.9 Å². The lowest BCUT2D eigenvalue weighted by atomic mass is 9.74. The van der Waals surface area contributed by atoms with Crippen molar-refractivity contribution in [2.24, 2.45) is 4.99 Å². The van der Waals surface area contributed by atoms with Gasteiger partial charge in [0.05, 0.1) is 7.11 Å². The zero-order valence-electron chi connectivity index (χ0n) is 18.8. The topological polar surface area (TPSA) is 93.2 Å². The van der Waals surface area contributed by atoms with Crippen molar-refractivity contribution < 1.29 is 19.0 Å². The van der Waals surface area contributed by atoms with Crippen LogP contribution < -0.4 is 20.7 Å². The van der Waals surface area contributed by atoms with Crippen molar-refractivity contribution in [2.75, 3.05) is 47.0 Å². The van der Waals surface area contributed by atoms with Crippen LogP contribution in [0.5, 0.6) is 5.75 Å². The van der Waals surface area contributed by atoms with E-state index in [1.54, 1.807) is 14.2 Å². The predicted octanol–water partition coefficient (Wildman–Crippen LogP) is 2.43. The number of guanidine groups is 1. The highest BCUT2D eigenvalue weighted by Crippen LogP contribution is 2.35. The van der Waals surface area contributed by atoms with E-state index in [9.17, 15) is 4.79 Å². The van der Waals surface area contributed by atoms with Gasteiger partial charge in [-0.3, -0.25) is 4.99 Å². The molecule has 0 aromatic heterocycles. The van der Waals surface area contributed by atoms with Gasteiger partial charge < -0.3 is 30.2 Å². The Morgan fingerprint density at radius 3 is 2.30 bits per heavy atom. The zero-order valence-corrected chi connectivity index (χ0v) is 18.8. The van der Waals surface area contributed by atoms with E-state index < -0.39 is 11.7 Å². The van der Waals surface area contributed by atoms with Crippen LogP contribution in [0.2, 0.25) is 0 Å². The summed E-state index contributed by atoms with van der Waals surface area (Å²) >= 11 is 0. The van der Waals surface area contributed by atoms with Gasteiger partial charge in [0, 0.05) is 45.3 Å². The third-order valence-corrected chi connectivity index (χ3v) is 5.06. The number of alkyl carbamates (subject to hydrolysis) is 1. The van der Waals surface area contributed by atoms with E-state index in [0.29, 0.717) is 19.0 Å². The third kappa shape index (κ3) is 7.40. The Hall–Kier alpha value is -2.48. The number of benzene rings is 1. The molecule has 2 rings (SSSR count). The molecule has 30 heavy (non-hydrogen) atoms. The maximum atomic E-state index is 11.7. The standard InChI is InChI=1S/C22H36N4O4/c1-21(2,3)30-20(27)25-13-12-24-19(23-4)26-16-22(10-14-29-15-11-22)17-6-8-18(28-5)9-7-17/h6-9H,10-16H2,1-5H3,(H,25,27)(H2,23,24,26). The molecule has 1 amide bonds. The van der Waals surface area contributed by atoms with Crippen molar-refractivity contribution in [3.63, 3.8) is 0 Å². The van der Waals surface area contributed by atoms with Gasteiger partial charge in [-0.25, -0.2) is 4.79 Å². The van der Waals surface area contributed by atoms with Gasteiger partial charge in [-0.2, -0.15) is 0 Å². The Morgan fingerprint density at radius 1 is 1.10 bits per heavy atom. The number of hydrogen-bond donors (Lipinski definition) is 3. The number of aliphatic imine (C=N–C) groups is 1. The summed E-state index contributed by atoms with van der Waals surface area (Å²) in [5.41, 5.74) is 0.729. The molecule has 0 aliphatic carbocycles. The number of nitrogens with one attached hydrogen (secondary N) is 3. The van der Waals surface area contributed by atoms with Crippen molar-refractivity contribution in [1.29, 1.82) is 0 Å². The number of ether oxygens (including phenoxy) is 3. The molecule has 1 aliphatic rings. The van der Waals surface area contributed by atoms with Crippen LogP contribution in [0.3, 0.4) is 0 Å². The number of carbonyl (C=O) groups excluding carboxylic acids is 1. The summed E-state index contributed by atoms with van der Waals surface area (Å²) in [6, 6.07) is 8.27. The fourth-order valence-corrected chi connectivity index (χ4v) is 3.41. The van der Waals surface area contributed by atoms with Crippen LogP contribution in [0, 0.1) is 0 Å². The monoisotopic (exact) mass is 420 g/mol. The smallest absolute Gasteiger partial charge is 0.407 e. The largest absolute Gasteiger partial charge is 0.497 e. The van der Waals surface area contributed by atoms with Crippen molar-refractivity contribution in [3.05, 3.63) is 29.8 Å². The van der Waals surface area contributed by atoms with E-state index in [0.717, 1.165) is 38.3 Å². The number of rotatable bonds is 7.